The predicted molar refractivity (Wildman–Crippen MR) is 67.0 cm³/mol. The summed E-state index contributed by atoms with van der Waals surface area (Å²) in [5.41, 5.74) is 3.52. The van der Waals surface area contributed by atoms with E-state index in [9.17, 15) is 0 Å². The lowest BCUT2D eigenvalue weighted by Crippen LogP contribution is -2.08. The van der Waals surface area contributed by atoms with Gasteiger partial charge in [0.25, 0.3) is 0 Å². The maximum Gasteiger partial charge on any atom is 0.179 e. The zero-order chi connectivity index (χ0) is 11.3. The molecule has 2 heterocycles. The number of aromatic nitrogens is 3. The smallest absolute Gasteiger partial charge is 0.179 e. The van der Waals surface area contributed by atoms with E-state index in [0.717, 1.165) is 28.2 Å². The summed E-state index contributed by atoms with van der Waals surface area (Å²) in [5, 5.41) is 0. The predicted octanol–water partition coefficient (Wildman–Crippen LogP) is 3.20. The van der Waals surface area contributed by atoms with Crippen LogP contribution in [0.4, 0.5) is 0 Å². The number of nitrogens with zero attached hydrogens (tertiary/aromatic N) is 2. The number of hydrogen-bond acceptors (Lipinski definition) is 2. The van der Waals surface area contributed by atoms with E-state index < -0.39 is 0 Å². The number of rotatable bonds is 2. The van der Waals surface area contributed by atoms with Crippen molar-refractivity contribution in [1.82, 2.24) is 14.5 Å². The summed E-state index contributed by atoms with van der Waals surface area (Å²) in [6.07, 6.45) is 2.60. The molecule has 0 amide bonds. The minimum Gasteiger partial charge on any atom is -0.329 e. The van der Waals surface area contributed by atoms with Crippen LogP contribution >= 0.6 is 12.2 Å². The first kappa shape index (κ1) is 10.0. The van der Waals surface area contributed by atoms with Crippen molar-refractivity contribution >= 4 is 23.4 Å². The molecule has 16 heavy (non-hydrogen) atoms. The standard InChI is InChI=1S/C12H15N3S/c1-8-3-4-9-10(13-8)15(11(16)14-9)7-12(2)5-6-12/h3-4H,5-7H2,1-2H3,(H,14,16). The lowest BCUT2D eigenvalue weighted by atomic mass is 10.1. The van der Waals surface area contributed by atoms with Gasteiger partial charge in [0, 0.05) is 12.2 Å². The van der Waals surface area contributed by atoms with Crippen LogP contribution in [-0.4, -0.2) is 14.5 Å². The molecule has 3 nitrogen and oxygen atoms in total. The van der Waals surface area contributed by atoms with Gasteiger partial charge in [-0.15, -0.1) is 0 Å². The first-order valence-electron chi connectivity index (χ1n) is 5.64. The van der Waals surface area contributed by atoms with Crippen LogP contribution in [-0.2, 0) is 6.54 Å². The zero-order valence-corrected chi connectivity index (χ0v) is 10.4. The highest BCUT2D eigenvalue weighted by molar-refractivity contribution is 7.71. The molecular formula is C12H15N3S. The fourth-order valence-electron chi connectivity index (χ4n) is 2.03. The van der Waals surface area contributed by atoms with E-state index in [0.29, 0.717) is 5.41 Å². The van der Waals surface area contributed by atoms with E-state index >= 15 is 0 Å². The van der Waals surface area contributed by atoms with Crippen LogP contribution in [0.2, 0.25) is 0 Å². The van der Waals surface area contributed by atoms with E-state index in [2.05, 4.69) is 27.5 Å². The quantitative estimate of drug-likeness (QED) is 0.808. The van der Waals surface area contributed by atoms with Gasteiger partial charge in [-0.1, -0.05) is 6.92 Å². The van der Waals surface area contributed by atoms with Crippen molar-refractivity contribution in [2.24, 2.45) is 5.41 Å². The number of hydrogen-bond donors (Lipinski definition) is 1. The normalized spacial score (nSPS) is 17.9. The molecular weight excluding hydrogens is 218 g/mol. The van der Waals surface area contributed by atoms with E-state index in [1.807, 2.05) is 13.0 Å². The van der Waals surface area contributed by atoms with Gasteiger partial charge in [-0.2, -0.15) is 0 Å². The number of fused-ring (bicyclic) bond motifs is 1. The number of nitrogens with one attached hydrogen (secondary N) is 1. The SMILES string of the molecule is Cc1ccc2[nH]c(=S)n(CC3(C)CC3)c2n1. The average Bonchev–Trinajstić information content (AvgIpc) is 2.88. The van der Waals surface area contributed by atoms with Crippen molar-refractivity contribution in [1.29, 1.82) is 0 Å². The monoisotopic (exact) mass is 233 g/mol. The zero-order valence-electron chi connectivity index (χ0n) is 9.58. The average molecular weight is 233 g/mol. The van der Waals surface area contributed by atoms with Crippen LogP contribution < -0.4 is 0 Å². The second kappa shape index (κ2) is 3.17. The molecule has 4 heteroatoms. The molecule has 0 radical (unpaired) electrons. The van der Waals surface area contributed by atoms with Gasteiger partial charge in [-0.3, -0.25) is 0 Å². The third kappa shape index (κ3) is 1.57. The molecule has 0 aromatic carbocycles. The molecule has 0 atom stereocenters. The maximum absolute atomic E-state index is 5.36. The largest absolute Gasteiger partial charge is 0.329 e. The summed E-state index contributed by atoms with van der Waals surface area (Å²) in [6.45, 7) is 5.31. The Bertz CT molecular complexity index is 604. The van der Waals surface area contributed by atoms with E-state index in [1.165, 1.54) is 12.8 Å². The van der Waals surface area contributed by atoms with Gasteiger partial charge in [0.1, 0.15) is 0 Å². The van der Waals surface area contributed by atoms with Gasteiger partial charge >= 0.3 is 0 Å². The number of imidazole rings is 1. The van der Waals surface area contributed by atoms with E-state index in [4.69, 9.17) is 12.2 Å². The first-order valence-corrected chi connectivity index (χ1v) is 6.04. The third-order valence-corrected chi connectivity index (χ3v) is 3.72. The van der Waals surface area contributed by atoms with Gasteiger partial charge in [0.15, 0.2) is 10.4 Å². The Morgan fingerprint density at radius 2 is 2.25 bits per heavy atom. The van der Waals surface area contributed by atoms with Crippen LogP contribution in [0.25, 0.3) is 11.2 Å². The van der Waals surface area contributed by atoms with Crippen molar-refractivity contribution in [2.75, 3.05) is 0 Å². The molecule has 0 aliphatic heterocycles. The molecule has 3 rings (SSSR count). The number of aromatic amines is 1. The molecule has 1 aliphatic carbocycles. The highest BCUT2D eigenvalue weighted by Crippen LogP contribution is 2.46. The minimum atomic E-state index is 0.443. The van der Waals surface area contributed by atoms with E-state index in [1.54, 1.807) is 0 Å². The minimum absolute atomic E-state index is 0.443. The van der Waals surface area contributed by atoms with Crippen molar-refractivity contribution in [3.63, 3.8) is 0 Å². The molecule has 0 saturated heterocycles. The van der Waals surface area contributed by atoms with Crippen molar-refractivity contribution in [3.05, 3.63) is 22.6 Å². The van der Waals surface area contributed by atoms with Crippen molar-refractivity contribution < 1.29 is 0 Å². The Morgan fingerprint density at radius 3 is 2.94 bits per heavy atom. The summed E-state index contributed by atoms with van der Waals surface area (Å²) in [5.74, 6) is 0. The number of pyridine rings is 1. The summed E-state index contributed by atoms with van der Waals surface area (Å²) >= 11 is 5.36. The van der Waals surface area contributed by atoms with Gasteiger partial charge in [-0.05, 0) is 49.5 Å². The molecule has 1 fully saturated rings. The molecule has 0 bridgehead atoms. The second-order valence-electron chi connectivity index (χ2n) is 5.15. The van der Waals surface area contributed by atoms with Crippen LogP contribution in [0.1, 0.15) is 25.5 Å². The Labute approximate surface area is 99.5 Å². The van der Waals surface area contributed by atoms with Crippen LogP contribution in [0, 0.1) is 17.1 Å². The third-order valence-electron chi connectivity index (χ3n) is 3.40. The fourth-order valence-corrected chi connectivity index (χ4v) is 2.29. The topological polar surface area (TPSA) is 33.6 Å². The molecule has 84 valence electrons. The Morgan fingerprint density at radius 1 is 1.50 bits per heavy atom. The molecule has 0 unspecified atom stereocenters. The number of H-pyrrole nitrogens is 1. The Kier molecular flexibility index (Phi) is 1.98. The first-order chi connectivity index (χ1) is 7.57. The van der Waals surface area contributed by atoms with Crippen molar-refractivity contribution in [3.8, 4) is 0 Å². The second-order valence-corrected chi connectivity index (χ2v) is 5.54. The van der Waals surface area contributed by atoms with Crippen molar-refractivity contribution in [2.45, 2.75) is 33.2 Å². The van der Waals surface area contributed by atoms with Gasteiger partial charge in [0.2, 0.25) is 0 Å². The molecule has 1 N–H and O–H groups in total. The lowest BCUT2D eigenvalue weighted by molar-refractivity contribution is 0.467. The van der Waals surface area contributed by atoms with E-state index in [-0.39, 0.29) is 0 Å². The van der Waals surface area contributed by atoms with Gasteiger partial charge in [0.05, 0.1) is 5.52 Å². The fraction of sp³-hybridized carbons (Fsp3) is 0.500. The molecule has 1 aliphatic rings. The molecule has 2 aromatic rings. The summed E-state index contributed by atoms with van der Waals surface area (Å²) in [6, 6.07) is 4.07. The lowest BCUT2D eigenvalue weighted by Gasteiger charge is -2.09. The summed E-state index contributed by atoms with van der Waals surface area (Å²) in [7, 11) is 0. The summed E-state index contributed by atoms with van der Waals surface area (Å²) in [4.78, 5) is 7.79. The molecule has 0 spiro atoms. The summed E-state index contributed by atoms with van der Waals surface area (Å²) < 4.78 is 2.94. The highest BCUT2D eigenvalue weighted by atomic mass is 32.1. The highest BCUT2D eigenvalue weighted by Gasteiger charge is 2.38. The molecule has 2 aromatic heterocycles. The molecule has 1 saturated carbocycles. The Balaban J connectivity index is 2.17. The van der Waals surface area contributed by atoms with Gasteiger partial charge in [-0.25, -0.2) is 4.98 Å². The van der Waals surface area contributed by atoms with Gasteiger partial charge < -0.3 is 9.55 Å². The number of aryl methyl sites for hydroxylation is 1. The van der Waals surface area contributed by atoms with Crippen LogP contribution in [0.3, 0.4) is 0 Å². The maximum atomic E-state index is 5.36. The Hall–Kier alpha value is -1.16. The van der Waals surface area contributed by atoms with Crippen LogP contribution in [0.5, 0.6) is 0 Å². The van der Waals surface area contributed by atoms with Crippen LogP contribution in [0.15, 0.2) is 12.1 Å².